The molecule has 1 aliphatic carbocycles. The number of aliphatic carboxylic acids is 1. The average molecular weight is 466 g/mol. The number of carbonyl (C=O) groups excluding carboxylic acids is 1. The van der Waals surface area contributed by atoms with Gasteiger partial charge >= 0.3 is 5.97 Å². The zero-order valence-corrected chi connectivity index (χ0v) is 18.9. The molecular formula is C26H24ClNO5. The maximum atomic E-state index is 13.0. The van der Waals surface area contributed by atoms with Gasteiger partial charge in [0, 0.05) is 29.8 Å². The number of benzene rings is 3. The van der Waals surface area contributed by atoms with Crippen LogP contribution in [0, 0.1) is 0 Å². The lowest BCUT2D eigenvalue weighted by Gasteiger charge is -2.25. The summed E-state index contributed by atoms with van der Waals surface area (Å²) in [6.45, 7) is 0.381. The molecule has 1 aliphatic rings. The second kappa shape index (κ2) is 9.55. The van der Waals surface area contributed by atoms with Crippen LogP contribution < -0.4 is 14.8 Å². The molecule has 0 aliphatic heterocycles. The number of carboxylic acid groups (broad SMARTS) is 1. The van der Waals surface area contributed by atoms with Crippen LogP contribution in [0.1, 0.15) is 27.0 Å². The molecule has 0 atom stereocenters. The van der Waals surface area contributed by atoms with Gasteiger partial charge in [0.05, 0.1) is 13.7 Å². The number of halogens is 1. The molecule has 6 nitrogen and oxygen atoms in total. The number of methoxy groups -OCH3 is 1. The third-order valence-electron chi connectivity index (χ3n) is 5.88. The van der Waals surface area contributed by atoms with Gasteiger partial charge in [-0.1, -0.05) is 54.1 Å². The first-order chi connectivity index (χ1) is 15.9. The van der Waals surface area contributed by atoms with Crippen molar-refractivity contribution in [3.63, 3.8) is 0 Å². The quantitative estimate of drug-likeness (QED) is 0.517. The van der Waals surface area contributed by atoms with Crippen molar-refractivity contribution in [2.45, 2.75) is 24.8 Å². The highest BCUT2D eigenvalue weighted by Crippen LogP contribution is 2.32. The van der Waals surface area contributed by atoms with E-state index in [1.807, 2.05) is 48.5 Å². The lowest BCUT2D eigenvalue weighted by Crippen LogP contribution is -2.55. The van der Waals surface area contributed by atoms with Crippen molar-refractivity contribution in [2.24, 2.45) is 0 Å². The molecule has 0 saturated carbocycles. The van der Waals surface area contributed by atoms with E-state index in [1.54, 1.807) is 18.2 Å². The molecule has 0 spiro atoms. The number of hydrogen-bond donors (Lipinski definition) is 2. The van der Waals surface area contributed by atoms with E-state index in [-0.39, 0.29) is 12.8 Å². The van der Waals surface area contributed by atoms with Crippen LogP contribution in [0.2, 0.25) is 5.02 Å². The number of rotatable bonds is 8. The van der Waals surface area contributed by atoms with Crippen molar-refractivity contribution < 1.29 is 24.2 Å². The Labute approximate surface area is 197 Å². The lowest BCUT2D eigenvalue weighted by atomic mass is 9.95. The van der Waals surface area contributed by atoms with Crippen LogP contribution in [0.5, 0.6) is 11.5 Å². The molecule has 0 aromatic heterocycles. The van der Waals surface area contributed by atoms with Gasteiger partial charge in [-0.25, -0.2) is 4.79 Å². The van der Waals surface area contributed by atoms with E-state index in [1.165, 1.54) is 7.11 Å². The SMILES string of the molecule is COc1cc(C(=O)NC2(C(=O)O)Cc3ccccc3C2)ccc1OCCc1ccccc1Cl. The number of hydrogen-bond acceptors (Lipinski definition) is 4. The van der Waals surface area contributed by atoms with Crippen LogP contribution in [-0.4, -0.2) is 36.2 Å². The first kappa shape index (κ1) is 22.7. The summed E-state index contributed by atoms with van der Waals surface area (Å²) in [5, 5.41) is 13.3. The summed E-state index contributed by atoms with van der Waals surface area (Å²) in [5.74, 6) is -0.659. The van der Waals surface area contributed by atoms with E-state index >= 15 is 0 Å². The van der Waals surface area contributed by atoms with Gasteiger partial charge in [0.2, 0.25) is 0 Å². The number of nitrogens with one attached hydrogen (secondary N) is 1. The summed E-state index contributed by atoms with van der Waals surface area (Å²) in [6, 6.07) is 19.9. The highest BCUT2D eigenvalue weighted by Gasteiger charge is 2.45. The Morgan fingerprint density at radius 3 is 2.30 bits per heavy atom. The lowest BCUT2D eigenvalue weighted by molar-refractivity contribution is -0.144. The predicted molar refractivity (Wildman–Crippen MR) is 125 cm³/mol. The van der Waals surface area contributed by atoms with E-state index < -0.39 is 17.4 Å². The molecule has 4 rings (SSSR count). The minimum Gasteiger partial charge on any atom is -0.493 e. The van der Waals surface area contributed by atoms with E-state index in [4.69, 9.17) is 21.1 Å². The Kier molecular flexibility index (Phi) is 6.56. The van der Waals surface area contributed by atoms with Gasteiger partial charge in [-0.15, -0.1) is 0 Å². The molecule has 2 N–H and O–H groups in total. The van der Waals surface area contributed by atoms with Crippen LogP contribution in [-0.2, 0) is 24.1 Å². The highest BCUT2D eigenvalue weighted by atomic mass is 35.5. The van der Waals surface area contributed by atoms with Crippen molar-refractivity contribution in [1.82, 2.24) is 5.32 Å². The second-order valence-electron chi connectivity index (χ2n) is 8.02. The highest BCUT2D eigenvalue weighted by molar-refractivity contribution is 6.31. The summed E-state index contributed by atoms with van der Waals surface area (Å²) in [7, 11) is 1.49. The van der Waals surface area contributed by atoms with Gasteiger partial charge in [-0.3, -0.25) is 4.79 Å². The Bertz CT molecular complexity index is 1170. The standard InChI is InChI=1S/C26H24ClNO5/c1-32-23-14-18(10-11-22(23)33-13-12-17-6-4-5-9-21(17)27)24(29)28-26(25(30)31)15-19-7-2-3-8-20(19)16-26/h2-11,14H,12-13,15-16H2,1H3,(H,28,29)(H,30,31). The zero-order valence-electron chi connectivity index (χ0n) is 18.1. The van der Waals surface area contributed by atoms with Crippen LogP contribution in [0.15, 0.2) is 66.7 Å². The van der Waals surface area contributed by atoms with Crippen LogP contribution in [0.25, 0.3) is 0 Å². The summed E-state index contributed by atoms with van der Waals surface area (Å²) in [4.78, 5) is 25.1. The summed E-state index contributed by atoms with van der Waals surface area (Å²) in [5.41, 5.74) is 1.76. The largest absolute Gasteiger partial charge is 0.493 e. The number of amides is 1. The van der Waals surface area contributed by atoms with Crippen molar-refractivity contribution >= 4 is 23.5 Å². The van der Waals surface area contributed by atoms with E-state index in [0.717, 1.165) is 16.7 Å². The minimum atomic E-state index is -1.38. The summed E-state index contributed by atoms with van der Waals surface area (Å²) in [6.07, 6.45) is 1.10. The first-order valence-corrected chi connectivity index (χ1v) is 11.0. The molecule has 0 unspecified atom stereocenters. The van der Waals surface area contributed by atoms with Gasteiger partial charge in [0.25, 0.3) is 5.91 Å². The fourth-order valence-electron chi connectivity index (χ4n) is 4.10. The predicted octanol–water partition coefficient (Wildman–Crippen LogP) is 4.32. The number of carbonyl (C=O) groups is 2. The molecule has 3 aromatic carbocycles. The van der Waals surface area contributed by atoms with Crippen molar-refractivity contribution in [3.8, 4) is 11.5 Å². The van der Waals surface area contributed by atoms with Crippen LogP contribution >= 0.6 is 11.6 Å². The monoisotopic (exact) mass is 465 g/mol. The molecule has 1 amide bonds. The molecule has 7 heteroatoms. The van der Waals surface area contributed by atoms with E-state index in [0.29, 0.717) is 35.1 Å². The maximum absolute atomic E-state index is 13.0. The van der Waals surface area contributed by atoms with Crippen LogP contribution in [0.3, 0.4) is 0 Å². The molecule has 0 radical (unpaired) electrons. The fourth-order valence-corrected chi connectivity index (χ4v) is 4.33. The Morgan fingerprint density at radius 1 is 1.00 bits per heavy atom. The minimum absolute atomic E-state index is 0.241. The van der Waals surface area contributed by atoms with Gasteiger partial charge < -0.3 is 19.9 Å². The normalized spacial score (nSPS) is 13.8. The summed E-state index contributed by atoms with van der Waals surface area (Å²) < 4.78 is 11.3. The van der Waals surface area contributed by atoms with Gasteiger partial charge in [-0.05, 0) is 41.0 Å². The molecule has 33 heavy (non-hydrogen) atoms. The van der Waals surface area contributed by atoms with Gasteiger partial charge in [-0.2, -0.15) is 0 Å². The second-order valence-corrected chi connectivity index (χ2v) is 8.43. The molecule has 0 fully saturated rings. The smallest absolute Gasteiger partial charge is 0.330 e. The molecular weight excluding hydrogens is 442 g/mol. The maximum Gasteiger partial charge on any atom is 0.330 e. The third kappa shape index (κ3) is 4.81. The Hall–Kier alpha value is -3.51. The van der Waals surface area contributed by atoms with Gasteiger partial charge in [0.15, 0.2) is 11.5 Å². The Morgan fingerprint density at radius 2 is 1.67 bits per heavy atom. The zero-order chi connectivity index (χ0) is 23.4. The van der Waals surface area contributed by atoms with E-state index in [2.05, 4.69) is 5.32 Å². The van der Waals surface area contributed by atoms with E-state index in [9.17, 15) is 14.7 Å². The number of carboxylic acids is 1. The topological polar surface area (TPSA) is 84.9 Å². The first-order valence-electron chi connectivity index (χ1n) is 10.6. The molecule has 0 saturated heterocycles. The van der Waals surface area contributed by atoms with Gasteiger partial charge in [0.1, 0.15) is 5.54 Å². The molecule has 0 heterocycles. The van der Waals surface area contributed by atoms with Crippen LogP contribution in [0.4, 0.5) is 0 Å². The Balaban J connectivity index is 1.46. The molecule has 0 bridgehead atoms. The third-order valence-corrected chi connectivity index (χ3v) is 6.25. The molecule has 3 aromatic rings. The average Bonchev–Trinajstić information content (AvgIpc) is 3.20. The fraction of sp³-hybridized carbons (Fsp3) is 0.231. The number of fused-ring (bicyclic) bond motifs is 1. The van der Waals surface area contributed by atoms with Crippen molar-refractivity contribution in [1.29, 1.82) is 0 Å². The summed E-state index contributed by atoms with van der Waals surface area (Å²) >= 11 is 6.19. The van der Waals surface area contributed by atoms with Crippen molar-refractivity contribution in [2.75, 3.05) is 13.7 Å². The number of ether oxygens (including phenoxy) is 2. The van der Waals surface area contributed by atoms with Crippen molar-refractivity contribution in [3.05, 3.63) is 94.0 Å². The molecule has 170 valence electrons.